The van der Waals surface area contributed by atoms with E-state index >= 15 is 0 Å². The molecule has 0 amide bonds. The fourth-order valence-electron chi connectivity index (χ4n) is 6.88. The quantitative estimate of drug-likeness (QED) is 0.225. The molecule has 0 radical (unpaired) electrons. The summed E-state index contributed by atoms with van der Waals surface area (Å²) in [4.78, 5) is 27.2. The molecule has 1 N–H and O–H groups in total. The number of carbonyl (C=O) groups is 1. The zero-order chi connectivity index (χ0) is 32.1. The molecule has 238 valence electrons. The molecule has 1 aliphatic heterocycles. The number of pyridine rings is 2. The summed E-state index contributed by atoms with van der Waals surface area (Å²) in [5.41, 5.74) is 7.13. The molecule has 2 atom stereocenters. The summed E-state index contributed by atoms with van der Waals surface area (Å²) in [5.74, 6) is 0.712. The molecule has 10 heteroatoms. The van der Waals surface area contributed by atoms with Crippen molar-refractivity contribution in [3.05, 3.63) is 95.9 Å². The third-order valence-electron chi connectivity index (χ3n) is 9.44. The zero-order valence-corrected chi connectivity index (χ0v) is 26.3. The minimum atomic E-state index is -0.786. The second-order valence-corrected chi connectivity index (χ2v) is 12.3. The van der Waals surface area contributed by atoms with Crippen LogP contribution in [0.4, 0.5) is 0 Å². The highest BCUT2D eigenvalue weighted by molar-refractivity contribution is 5.97. The van der Waals surface area contributed by atoms with Gasteiger partial charge < -0.3 is 28.5 Å². The van der Waals surface area contributed by atoms with Crippen molar-refractivity contribution in [1.82, 2.24) is 24.1 Å². The minimum absolute atomic E-state index is 0.125. The summed E-state index contributed by atoms with van der Waals surface area (Å²) in [6.07, 6.45) is 7.89. The van der Waals surface area contributed by atoms with Gasteiger partial charge in [0.1, 0.15) is 23.0 Å². The summed E-state index contributed by atoms with van der Waals surface area (Å²) in [6, 6.07) is 19.7. The number of ether oxygens (including phenoxy) is 3. The molecule has 0 spiro atoms. The Hall–Kier alpha value is -5.06. The van der Waals surface area contributed by atoms with Crippen LogP contribution in [-0.2, 0) is 22.6 Å². The van der Waals surface area contributed by atoms with Gasteiger partial charge in [0.2, 0.25) is 0 Å². The van der Waals surface area contributed by atoms with E-state index in [9.17, 15) is 9.90 Å². The van der Waals surface area contributed by atoms with Crippen molar-refractivity contribution in [2.45, 2.75) is 57.1 Å². The first kappa shape index (κ1) is 29.3. The van der Waals surface area contributed by atoms with Crippen molar-refractivity contribution in [2.75, 3.05) is 14.2 Å². The van der Waals surface area contributed by atoms with Gasteiger partial charge in [-0.3, -0.25) is 4.98 Å². The van der Waals surface area contributed by atoms with Crippen LogP contribution < -0.4 is 4.74 Å². The topological polar surface area (TPSA) is 114 Å². The van der Waals surface area contributed by atoms with E-state index in [0.717, 1.165) is 63.8 Å². The van der Waals surface area contributed by atoms with Crippen LogP contribution in [0.5, 0.6) is 5.75 Å². The summed E-state index contributed by atoms with van der Waals surface area (Å²) < 4.78 is 21.8. The van der Waals surface area contributed by atoms with Crippen molar-refractivity contribution >= 4 is 28.0 Å². The molecular weight excluding hydrogens is 594 g/mol. The molecule has 47 heavy (non-hydrogen) atoms. The van der Waals surface area contributed by atoms with Crippen LogP contribution in [0.2, 0.25) is 0 Å². The Labute approximate surface area is 271 Å². The lowest BCUT2D eigenvalue weighted by molar-refractivity contribution is -0.106. The minimum Gasteiger partial charge on any atom is -0.494 e. The van der Waals surface area contributed by atoms with E-state index in [4.69, 9.17) is 24.2 Å². The number of aliphatic hydroxyl groups is 1. The number of aromatic nitrogens is 5. The number of carbonyl (C=O) groups excluding carboxylic acids is 1. The fourth-order valence-corrected chi connectivity index (χ4v) is 6.88. The van der Waals surface area contributed by atoms with Gasteiger partial charge in [-0.1, -0.05) is 24.3 Å². The number of esters is 1. The Bertz CT molecular complexity index is 2130. The standard InChI is InChI=1S/C37H35N5O5/c1-45-32-18-24(37(44)46-2)16-29-33(32)42-21-22-15-25(20-38-19-22)27-10-3-4-11-28(27)34(47-26-8-5-9-26)31(43)12-14-41-30(36(42)40-29)17-23-7-6-13-39-35(23)41/h3-4,6-7,10-11,13,15-20,26,31,34,43H,5,8-9,12,14,21H2,1-2H3/t31-,34+/m1/s1. The molecule has 10 nitrogen and oxygen atoms in total. The van der Waals surface area contributed by atoms with Gasteiger partial charge in [-0.25, -0.2) is 14.8 Å². The Kier molecular flexibility index (Phi) is 7.46. The largest absolute Gasteiger partial charge is 0.494 e. The van der Waals surface area contributed by atoms with Gasteiger partial charge in [0, 0.05) is 36.1 Å². The number of rotatable bonds is 4. The maximum Gasteiger partial charge on any atom is 0.338 e. The highest BCUT2D eigenvalue weighted by Crippen LogP contribution is 2.40. The molecule has 1 aliphatic carbocycles. The Balaban J connectivity index is 1.38. The van der Waals surface area contributed by atoms with Crippen LogP contribution in [0, 0.1) is 0 Å². The van der Waals surface area contributed by atoms with Crippen LogP contribution >= 0.6 is 0 Å². The summed E-state index contributed by atoms with van der Waals surface area (Å²) in [7, 11) is 2.94. The number of aliphatic hydroxyl groups excluding tert-OH is 1. The number of nitrogens with zero attached hydrogens (tertiary/aromatic N) is 5. The second-order valence-electron chi connectivity index (χ2n) is 12.3. The summed E-state index contributed by atoms with van der Waals surface area (Å²) in [5, 5.41) is 12.9. The van der Waals surface area contributed by atoms with Crippen LogP contribution in [0.3, 0.4) is 0 Å². The van der Waals surface area contributed by atoms with Crippen molar-refractivity contribution in [2.24, 2.45) is 0 Å². The highest BCUT2D eigenvalue weighted by atomic mass is 16.5. The molecule has 1 saturated carbocycles. The zero-order valence-electron chi connectivity index (χ0n) is 26.3. The number of fused-ring (bicyclic) bond motifs is 11. The van der Waals surface area contributed by atoms with Crippen molar-refractivity contribution in [3.63, 3.8) is 0 Å². The molecule has 0 unspecified atom stereocenters. The maximum atomic E-state index is 12.6. The molecule has 2 aliphatic rings. The van der Waals surface area contributed by atoms with Gasteiger partial charge in [0.05, 0.1) is 49.7 Å². The predicted molar refractivity (Wildman–Crippen MR) is 177 cm³/mol. The summed E-state index contributed by atoms with van der Waals surface area (Å²) in [6.45, 7) is 0.909. The molecule has 4 aromatic heterocycles. The van der Waals surface area contributed by atoms with Gasteiger partial charge in [-0.15, -0.1) is 0 Å². The fraction of sp³-hybridized carbons (Fsp3) is 0.297. The maximum absolute atomic E-state index is 12.6. The molecule has 0 saturated heterocycles. The SMILES string of the molecule is COC(=O)c1cc(OC)c2c(c1)nc1n2Cc2cncc(c2)-c2ccccc2[C@H](OC2CCC2)[C@H](O)CCn2c-1cc1cccnc12. The lowest BCUT2D eigenvalue weighted by atomic mass is 9.91. The number of hydrogen-bond donors (Lipinski definition) is 1. The van der Waals surface area contributed by atoms with Gasteiger partial charge in [0.15, 0.2) is 5.82 Å². The molecule has 1 fully saturated rings. The van der Waals surface area contributed by atoms with Gasteiger partial charge in [-0.2, -0.15) is 0 Å². The monoisotopic (exact) mass is 629 g/mol. The van der Waals surface area contributed by atoms with E-state index in [1.165, 1.54) is 7.11 Å². The molecule has 2 bridgehead atoms. The third-order valence-corrected chi connectivity index (χ3v) is 9.44. The normalized spacial score (nSPS) is 18.1. The van der Waals surface area contributed by atoms with Crippen LogP contribution in [0.25, 0.3) is 44.7 Å². The van der Waals surface area contributed by atoms with Gasteiger partial charge in [0.25, 0.3) is 0 Å². The first-order chi connectivity index (χ1) is 23.0. The van der Waals surface area contributed by atoms with Crippen molar-refractivity contribution < 1.29 is 24.1 Å². The van der Waals surface area contributed by atoms with Crippen LogP contribution in [0.15, 0.2) is 79.3 Å². The van der Waals surface area contributed by atoms with E-state index in [0.29, 0.717) is 42.2 Å². The Morgan fingerprint density at radius 2 is 1.85 bits per heavy atom. The number of aryl methyl sites for hydroxylation is 1. The van der Waals surface area contributed by atoms with Crippen molar-refractivity contribution in [1.29, 1.82) is 0 Å². The number of hydrogen-bond acceptors (Lipinski definition) is 8. The number of imidazole rings is 1. The molecule has 2 aromatic carbocycles. The van der Waals surface area contributed by atoms with E-state index in [2.05, 4.69) is 38.4 Å². The smallest absolute Gasteiger partial charge is 0.338 e. The highest BCUT2D eigenvalue weighted by Gasteiger charge is 2.31. The molecule has 6 aromatic rings. The van der Waals surface area contributed by atoms with E-state index < -0.39 is 18.2 Å². The molecular formula is C37H35N5O5. The summed E-state index contributed by atoms with van der Waals surface area (Å²) >= 11 is 0. The van der Waals surface area contributed by atoms with Crippen LogP contribution in [0.1, 0.15) is 53.3 Å². The lowest BCUT2D eigenvalue weighted by Gasteiger charge is -2.34. The molecule has 8 rings (SSSR count). The average molecular weight is 630 g/mol. The van der Waals surface area contributed by atoms with E-state index in [-0.39, 0.29) is 6.10 Å². The van der Waals surface area contributed by atoms with Crippen LogP contribution in [-0.4, -0.2) is 61.6 Å². The molecule has 5 heterocycles. The Morgan fingerprint density at radius 1 is 0.979 bits per heavy atom. The Morgan fingerprint density at radius 3 is 2.66 bits per heavy atom. The number of benzene rings is 2. The van der Waals surface area contributed by atoms with Gasteiger partial charge in [-0.05, 0) is 78.8 Å². The van der Waals surface area contributed by atoms with E-state index in [1.807, 2.05) is 36.7 Å². The first-order valence-corrected chi connectivity index (χ1v) is 16.0. The lowest BCUT2D eigenvalue weighted by Crippen LogP contribution is -2.31. The number of methoxy groups -OCH3 is 2. The first-order valence-electron chi connectivity index (χ1n) is 16.0. The predicted octanol–water partition coefficient (Wildman–Crippen LogP) is 6.33. The van der Waals surface area contributed by atoms with Crippen molar-refractivity contribution in [3.8, 4) is 28.4 Å². The van der Waals surface area contributed by atoms with E-state index in [1.54, 1.807) is 25.4 Å². The second kappa shape index (κ2) is 11.9. The average Bonchev–Trinajstić information content (AvgIpc) is 3.63. The third kappa shape index (κ3) is 5.14. The van der Waals surface area contributed by atoms with Gasteiger partial charge >= 0.3 is 5.97 Å².